The molecule has 2 atom stereocenters. The summed E-state index contributed by atoms with van der Waals surface area (Å²) in [6.45, 7) is 6.93. The Bertz CT molecular complexity index is 772. The zero-order chi connectivity index (χ0) is 16.0. The van der Waals surface area contributed by atoms with Crippen LogP contribution in [-0.2, 0) is 24.1 Å². The van der Waals surface area contributed by atoms with Crippen molar-refractivity contribution in [2.24, 2.45) is 0 Å². The van der Waals surface area contributed by atoms with E-state index in [1.165, 1.54) is 28.2 Å². The van der Waals surface area contributed by atoms with Crippen LogP contribution in [0.5, 0.6) is 0 Å². The minimum atomic E-state index is 0.0538. The van der Waals surface area contributed by atoms with Gasteiger partial charge in [0.1, 0.15) is 36.7 Å². The lowest BCUT2D eigenvalue weighted by molar-refractivity contribution is -0.928. The predicted molar refractivity (Wildman–Crippen MR) is 91.3 cm³/mol. The highest BCUT2D eigenvalue weighted by Crippen LogP contribution is 2.33. The van der Waals surface area contributed by atoms with Gasteiger partial charge in [-0.1, -0.05) is 0 Å². The molecule has 2 aromatic rings. The van der Waals surface area contributed by atoms with Crippen LogP contribution in [0.4, 0.5) is 0 Å². The molecule has 1 saturated heterocycles. The fourth-order valence-electron chi connectivity index (χ4n) is 4.06. The van der Waals surface area contributed by atoms with Crippen molar-refractivity contribution in [2.45, 2.75) is 58.3 Å². The van der Waals surface area contributed by atoms with E-state index in [2.05, 4.69) is 18.8 Å². The van der Waals surface area contributed by atoms with Crippen molar-refractivity contribution in [3.63, 3.8) is 0 Å². The fraction of sp³-hybridized carbons (Fsp3) is 0.647. The summed E-state index contributed by atoms with van der Waals surface area (Å²) in [6, 6.07) is 0. The van der Waals surface area contributed by atoms with E-state index in [0.717, 1.165) is 48.5 Å². The third-order valence-electron chi connectivity index (χ3n) is 4.91. The molecule has 0 saturated carbocycles. The number of thiophene rings is 1. The summed E-state index contributed by atoms with van der Waals surface area (Å²) in [5.74, 6) is 0.817. The lowest BCUT2D eigenvalue weighted by Crippen LogP contribution is -3.14. The maximum absolute atomic E-state index is 12.6. The topological polar surface area (TPSA) is 59.4 Å². The second-order valence-corrected chi connectivity index (χ2v) is 8.08. The van der Waals surface area contributed by atoms with Gasteiger partial charge in [-0.15, -0.1) is 11.3 Å². The Kier molecular flexibility index (Phi) is 3.99. The van der Waals surface area contributed by atoms with E-state index in [1.807, 2.05) is 0 Å². The molecule has 0 spiro atoms. The second-order valence-electron chi connectivity index (χ2n) is 7.00. The SMILES string of the molecule is C[C@@H]1C[NH+](Cc2nc3sc4c(c3c(=O)[nH]2)CCCC4)C[C@@H](C)O1. The number of morpholine rings is 1. The summed E-state index contributed by atoms with van der Waals surface area (Å²) >= 11 is 1.73. The number of aryl methyl sites for hydroxylation is 2. The van der Waals surface area contributed by atoms with E-state index >= 15 is 0 Å². The monoisotopic (exact) mass is 334 g/mol. The lowest BCUT2D eigenvalue weighted by atomic mass is 9.97. The number of hydrogen-bond donors (Lipinski definition) is 2. The molecule has 2 aliphatic rings. The van der Waals surface area contributed by atoms with Crippen molar-refractivity contribution >= 4 is 21.6 Å². The first-order valence-corrected chi connectivity index (χ1v) is 9.44. The number of ether oxygens (including phenoxy) is 1. The summed E-state index contributed by atoms with van der Waals surface area (Å²) in [5.41, 5.74) is 1.32. The van der Waals surface area contributed by atoms with E-state index in [0.29, 0.717) is 0 Å². The van der Waals surface area contributed by atoms with Gasteiger partial charge in [0.25, 0.3) is 5.56 Å². The van der Waals surface area contributed by atoms with Crippen molar-refractivity contribution in [3.8, 4) is 0 Å². The van der Waals surface area contributed by atoms with E-state index in [4.69, 9.17) is 9.72 Å². The van der Waals surface area contributed by atoms with Gasteiger partial charge in [0.15, 0.2) is 5.82 Å². The van der Waals surface area contributed by atoms with Gasteiger partial charge in [0.05, 0.1) is 5.39 Å². The third-order valence-corrected chi connectivity index (χ3v) is 6.09. The summed E-state index contributed by atoms with van der Waals surface area (Å²) in [5, 5.41) is 0.854. The van der Waals surface area contributed by atoms with E-state index in [9.17, 15) is 4.79 Å². The lowest BCUT2D eigenvalue weighted by Gasteiger charge is -2.32. The molecule has 124 valence electrons. The van der Waals surface area contributed by atoms with Gasteiger partial charge in [0.2, 0.25) is 0 Å². The average molecular weight is 334 g/mol. The van der Waals surface area contributed by atoms with Crippen molar-refractivity contribution < 1.29 is 9.64 Å². The molecule has 6 heteroatoms. The first kappa shape index (κ1) is 15.3. The van der Waals surface area contributed by atoms with E-state index in [-0.39, 0.29) is 17.8 Å². The molecule has 2 aromatic heterocycles. The number of H-pyrrole nitrogens is 1. The smallest absolute Gasteiger partial charge is 0.260 e. The van der Waals surface area contributed by atoms with Crippen molar-refractivity contribution in [1.82, 2.24) is 9.97 Å². The quantitative estimate of drug-likeness (QED) is 0.863. The van der Waals surface area contributed by atoms with Gasteiger partial charge in [-0.2, -0.15) is 0 Å². The first-order valence-electron chi connectivity index (χ1n) is 8.62. The highest BCUT2D eigenvalue weighted by atomic mass is 32.1. The van der Waals surface area contributed by atoms with Crippen LogP contribution in [0, 0.1) is 0 Å². The van der Waals surface area contributed by atoms with Crippen LogP contribution < -0.4 is 10.5 Å². The van der Waals surface area contributed by atoms with Gasteiger partial charge in [-0.05, 0) is 45.1 Å². The Morgan fingerprint density at radius 2 is 2.00 bits per heavy atom. The highest BCUT2D eigenvalue weighted by molar-refractivity contribution is 7.18. The van der Waals surface area contributed by atoms with Crippen LogP contribution in [0.25, 0.3) is 10.2 Å². The molecule has 0 radical (unpaired) electrons. The summed E-state index contributed by atoms with van der Waals surface area (Å²) in [6.07, 6.45) is 5.08. The summed E-state index contributed by atoms with van der Waals surface area (Å²) < 4.78 is 5.79. The molecule has 1 fully saturated rings. The van der Waals surface area contributed by atoms with Crippen LogP contribution >= 0.6 is 11.3 Å². The summed E-state index contributed by atoms with van der Waals surface area (Å²) in [4.78, 5) is 24.2. The van der Waals surface area contributed by atoms with Crippen molar-refractivity contribution in [3.05, 3.63) is 26.6 Å². The van der Waals surface area contributed by atoms with Crippen LogP contribution in [0.3, 0.4) is 0 Å². The second kappa shape index (κ2) is 6.00. The van der Waals surface area contributed by atoms with Crippen LogP contribution in [-0.4, -0.2) is 35.3 Å². The molecule has 1 aliphatic carbocycles. The number of rotatable bonds is 2. The van der Waals surface area contributed by atoms with Gasteiger partial charge in [-0.25, -0.2) is 4.98 Å². The van der Waals surface area contributed by atoms with Crippen molar-refractivity contribution in [1.29, 1.82) is 0 Å². The average Bonchev–Trinajstić information content (AvgIpc) is 2.84. The molecular weight excluding hydrogens is 310 g/mol. The maximum atomic E-state index is 12.6. The number of nitrogens with one attached hydrogen (secondary N) is 2. The minimum Gasteiger partial charge on any atom is -0.364 e. The zero-order valence-corrected chi connectivity index (χ0v) is 14.6. The van der Waals surface area contributed by atoms with Gasteiger partial charge in [-0.3, -0.25) is 4.79 Å². The third kappa shape index (κ3) is 2.95. The molecule has 0 bridgehead atoms. The van der Waals surface area contributed by atoms with E-state index < -0.39 is 0 Å². The minimum absolute atomic E-state index is 0.0538. The van der Waals surface area contributed by atoms with E-state index in [1.54, 1.807) is 11.3 Å². The normalized spacial score (nSPS) is 28.0. The van der Waals surface area contributed by atoms with Gasteiger partial charge < -0.3 is 14.6 Å². The first-order chi connectivity index (χ1) is 11.1. The van der Waals surface area contributed by atoms with Crippen molar-refractivity contribution in [2.75, 3.05) is 13.1 Å². The molecule has 2 N–H and O–H groups in total. The molecule has 0 unspecified atom stereocenters. The Morgan fingerprint density at radius 3 is 2.78 bits per heavy atom. The number of aromatic amines is 1. The maximum Gasteiger partial charge on any atom is 0.260 e. The van der Waals surface area contributed by atoms with Gasteiger partial charge in [0, 0.05) is 4.88 Å². The highest BCUT2D eigenvalue weighted by Gasteiger charge is 2.27. The number of hydrogen-bond acceptors (Lipinski definition) is 4. The molecule has 4 rings (SSSR count). The number of nitrogens with zero attached hydrogens (tertiary/aromatic N) is 1. The van der Waals surface area contributed by atoms with Crippen LogP contribution in [0.2, 0.25) is 0 Å². The van der Waals surface area contributed by atoms with Crippen LogP contribution in [0.1, 0.15) is 43.0 Å². The molecule has 0 aromatic carbocycles. The fourth-order valence-corrected chi connectivity index (χ4v) is 5.34. The molecule has 23 heavy (non-hydrogen) atoms. The molecule has 3 heterocycles. The van der Waals surface area contributed by atoms with Gasteiger partial charge >= 0.3 is 0 Å². The number of aromatic nitrogens is 2. The largest absolute Gasteiger partial charge is 0.364 e. The van der Waals surface area contributed by atoms with Crippen LogP contribution in [0.15, 0.2) is 4.79 Å². The standard InChI is InChI=1S/C17H23N3O2S/c1-10-7-20(8-11(2)22-10)9-14-18-16(21)15-12-5-3-4-6-13(12)23-17(15)19-14/h10-11H,3-9H2,1-2H3,(H,18,19,21)/p+1/t10-,11-/m1/s1. The number of fused-ring (bicyclic) bond motifs is 3. The Balaban J connectivity index is 1.65. The molecule has 0 amide bonds. The Morgan fingerprint density at radius 1 is 1.26 bits per heavy atom. The molecular formula is C17H24N3O2S+. The Labute approximate surface area is 139 Å². The summed E-state index contributed by atoms with van der Waals surface area (Å²) in [7, 11) is 0. The Hall–Kier alpha value is -1.24. The zero-order valence-electron chi connectivity index (χ0n) is 13.8. The molecule has 1 aliphatic heterocycles. The predicted octanol–water partition coefficient (Wildman–Crippen LogP) is 1.06. The number of quaternary nitrogens is 1. The molecule has 5 nitrogen and oxygen atoms in total.